The van der Waals surface area contributed by atoms with Crippen LogP contribution in [-0.4, -0.2) is 57.6 Å². The van der Waals surface area contributed by atoms with Crippen LogP contribution in [0.2, 0.25) is 0 Å². The van der Waals surface area contributed by atoms with E-state index < -0.39 is 34.3 Å². The Morgan fingerprint density at radius 1 is 1.06 bits per heavy atom. The number of nitrogens with one attached hydrogen (secondary N) is 1. The first-order valence-corrected chi connectivity index (χ1v) is 11.8. The van der Waals surface area contributed by atoms with Gasteiger partial charge in [-0.05, 0) is 30.5 Å². The molecule has 2 aromatic carbocycles. The van der Waals surface area contributed by atoms with Crippen molar-refractivity contribution in [3.05, 3.63) is 66.0 Å². The van der Waals surface area contributed by atoms with Gasteiger partial charge in [-0.3, -0.25) is 13.9 Å². The van der Waals surface area contributed by atoms with Crippen LogP contribution in [-0.2, 0) is 26.0 Å². The Balaban J connectivity index is 2.35. The summed E-state index contributed by atoms with van der Waals surface area (Å²) in [6.07, 6.45) is 1.74. The second-order valence-corrected chi connectivity index (χ2v) is 8.99. The summed E-state index contributed by atoms with van der Waals surface area (Å²) in [5, 5.41) is 2.55. The highest BCUT2D eigenvalue weighted by Crippen LogP contribution is 2.22. The number of rotatable bonds is 10. The molecule has 2 amide bonds. The minimum atomic E-state index is -3.95. The number of nitrogens with zero attached hydrogens (tertiary/aromatic N) is 2. The molecule has 168 valence electrons. The SMILES string of the molecule is CC[C@H](C(=O)NC)N(CCc1ccccc1)C(=O)CN(c1ccccc1F)S(C)(=O)=O. The number of hydrogen-bond donors (Lipinski definition) is 1. The highest BCUT2D eigenvalue weighted by Gasteiger charge is 2.31. The van der Waals surface area contributed by atoms with Crippen LogP contribution < -0.4 is 9.62 Å². The first kappa shape index (κ1) is 24.3. The van der Waals surface area contributed by atoms with Crippen molar-refractivity contribution in [2.75, 3.05) is 30.7 Å². The van der Waals surface area contributed by atoms with Crippen LogP contribution in [0.5, 0.6) is 0 Å². The molecule has 0 aliphatic rings. The lowest BCUT2D eigenvalue weighted by Crippen LogP contribution is -2.52. The third kappa shape index (κ3) is 6.52. The van der Waals surface area contributed by atoms with Crippen molar-refractivity contribution in [2.45, 2.75) is 25.8 Å². The summed E-state index contributed by atoms with van der Waals surface area (Å²) >= 11 is 0. The van der Waals surface area contributed by atoms with Gasteiger partial charge in [-0.2, -0.15) is 0 Å². The van der Waals surface area contributed by atoms with Gasteiger partial charge in [0, 0.05) is 13.6 Å². The Bertz CT molecular complexity index is 999. The number of benzene rings is 2. The van der Waals surface area contributed by atoms with Crippen molar-refractivity contribution < 1.29 is 22.4 Å². The zero-order chi connectivity index (χ0) is 23.0. The van der Waals surface area contributed by atoms with Crippen molar-refractivity contribution in [3.8, 4) is 0 Å². The average Bonchev–Trinajstić information content (AvgIpc) is 2.75. The van der Waals surface area contributed by atoms with E-state index in [1.165, 1.54) is 30.1 Å². The number of carbonyl (C=O) groups is 2. The third-order valence-electron chi connectivity index (χ3n) is 4.92. The zero-order valence-corrected chi connectivity index (χ0v) is 18.7. The molecule has 2 rings (SSSR count). The van der Waals surface area contributed by atoms with E-state index in [4.69, 9.17) is 0 Å². The number of hydrogen-bond acceptors (Lipinski definition) is 4. The summed E-state index contributed by atoms with van der Waals surface area (Å²) < 4.78 is 39.8. The van der Waals surface area contributed by atoms with Gasteiger partial charge in [0.05, 0.1) is 11.9 Å². The normalized spacial score (nSPS) is 12.1. The standard InChI is InChI=1S/C22H28FN3O4S/c1-4-19(22(28)24-2)25(15-14-17-10-6-5-7-11-17)21(27)16-26(31(3,29)30)20-13-9-8-12-18(20)23/h5-13,19H,4,14-16H2,1-3H3,(H,24,28)/t19-/m1/s1. The van der Waals surface area contributed by atoms with Crippen LogP contribution >= 0.6 is 0 Å². The van der Waals surface area contributed by atoms with E-state index in [9.17, 15) is 22.4 Å². The van der Waals surface area contributed by atoms with Crippen LogP contribution in [0, 0.1) is 5.82 Å². The molecule has 2 aromatic rings. The van der Waals surface area contributed by atoms with Crippen LogP contribution in [0.3, 0.4) is 0 Å². The molecule has 7 nitrogen and oxygen atoms in total. The minimum absolute atomic E-state index is 0.212. The zero-order valence-electron chi connectivity index (χ0n) is 17.9. The quantitative estimate of drug-likeness (QED) is 0.602. The molecule has 0 heterocycles. The molecular weight excluding hydrogens is 421 g/mol. The number of amides is 2. The van der Waals surface area contributed by atoms with Crippen LogP contribution in [0.25, 0.3) is 0 Å². The van der Waals surface area contributed by atoms with Crippen molar-refractivity contribution >= 4 is 27.5 Å². The lowest BCUT2D eigenvalue weighted by Gasteiger charge is -2.32. The summed E-state index contributed by atoms with van der Waals surface area (Å²) in [6, 6.07) is 14.0. The van der Waals surface area contributed by atoms with Crippen LogP contribution in [0.15, 0.2) is 54.6 Å². The molecule has 0 bridgehead atoms. The Morgan fingerprint density at radius 3 is 2.23 bits per heavy atom. The van der Waals surface area contributed by atoms with Crippen molar-refractivity contribution in [1.29, 1.82) is 0 Å². The molecule has 9 heteroatoms. The van der Waals surface area contributed by atoms with E-state index in [0.717, 1.165) is 22.2 Å². The molecule has 0 aromatic heterocycles. The summed E-state index contributed by atoms with van der Waals surface area (Å²) in [7, 11) is -2.47. The van der Waals surface area contributed by atoms with Crippen LogP contribution in [0.1, 0.15) is 18.9 Å². The predicted octanol–water partition coefficient (Wildman–Crippen LogP) is 2.19. The fourth-order valence-corrected chi connectivity index (χ4v) is 4.16. The summed E-state index contributed by atoms with van der Waals surface area (Å²) in [4.78, 5) is 27.0. The third-order valence-corrected chi connectivity index (χ3v) is 6.04. The van der Waals surface area contributed by atoms with E-state index in [2.05, 4.69) is 5.32 Å². The van der Waals surface area contributed by atoms with Gasteiger partial charge in [0.25, 0.3) is 0 Å². The van der Waals surface area contributed by atoms with Crippen LogP contribution in [0.4, 0.5) is 10.1 Å². The maximum Gasteiger partial charge on any atom is 0.244 e. The van der Waals surface area contributed by atoms with Gasteiger partial charge in [0.2, 0.25) is 21.8 Å². The van der Waals surface area contributed by atoms with Crippen molar-refractivity contribution in [2.24, 2.45) is 0 Å². The summed E-state index contributed by atoms with van der Waals surface area (Å²) in [5.41, 5.74) is 0.760. The van der Waals surface area contributed by atoms with E-state index in [0.29, 0.717) is 12.8 Å². The molecule has 0 unspecified atom stereocenters. The second-order valence-electron chi connectivity index (χ2n) is 7.08. The number of anilines is 1. The average molecular weight is 450 g/mol. The van der Waals surface area contributed by atoms with Gasteiger partial charge in [-0.15, -0.1) is 0 Å². The highest BCUT2D eigenvalue weighted by atomic mass is 32.2. The maximum atomic E-state index is 14.3. The van der Waals surface area contributed by atoms with Crippen molar-refractivity contribution in [3.63, 3.8) is 0 Å². The molecule has 0 radical (unpaired) electrons. The lowest BCUT2D eigenvalue weighted by molar-refractivity contribution is -0.139. The molecule has 0 aliphatic heterocycles. The van der Waals surface area contributed by atoms with E-state index in [1.807, 2.05) is 30.3 Å². The topological polar surface area (TPSA) is 86.8 Å². The molecule has 1 atom stereocenters. The van der Waals surface area contributed by atoms with Gasteiger partial charge in [-0.25, -0.2) is 12.8 Å². The lowest BCUT2D eigenvalue weighted by atomic mass is 10.1. The minimum Gasteiger partial charge on any atom is -0.357 e. The number of sulfonamides is 1. The Kier molecular flexibility index (Phi) is 8.56. The second kappa shape index (κ2) is 10.9. The van der Waals surface area contributed by atoms with Gasteiger partial charge in [0.15, 0.2) is 0 Å². The first-order valence-electron chi connectivity index (χ1n) is 9.96. The summed E-state index contributed by atoms with van der Waals surface area (Å²) in [6.45, 7) is 1.37. The van der Waals surface area contributed by atoms with E-state index in [1.54, 1.807) is 6.92 Å². The molecule has 0 spiro atoms. The van der Waals surface area contributed by atoms with Gasteiger partial charge in [0.1, 0.15) is 18.4 Å². The number of likely N-dealkylation sites (N-methyl/N-ethyl adjacent to an activating group) is 1. The fraction of sp³-hybridized carbons (Fsp3) is 0.364. The van der Waals surface area contributed by atoms with Gasteiger partial charge < -0.3 is 10.2 Å². The van der Waals surface area contributed by atoms with Crippen molar-refractivity contribution in [1.82, 2.24) is 10.2 Å². The first-order chi connectivity index (χ1) is 14.7. The number of carbonyl (C=O) groups excluding carboxylic acids is 2. The Labute approximate surface area is 182 Å². The maximum absolute atomic E-state index is 14.3. The molecule has 0 aliphatic carbocycles. The van der Waals surface area contributed by atoms with E-state index >= 15 is 0 Å². The van der Waals surface area contributed by atoms with Gasteiger partial charge in [-0.1, -0.05) is 49.4 Å². The Hall–Kier alpha value is -2.94. The smallest absolute Gasteiger partial charge is 0.244 e. The number of para-hydroxylation sites is 1. The molecule has 0 saturated carbocycles. The van der Waals surface area contributed by atoms with E-state index in [-0.39, 0.29) is 18.1 Å². The molecule has 31 heavy (non-hydrogen) atoms. The number of halogens is 1. The van der Waals surface area contributed by atoms with Gasteiger partial charge >= 0.3 is 0 Å². The highest BCUT2D eigenvalue weighted by molar-refractivity contribution is 7.92. The molecule has 0 fully saturated rings. The Morgan fingerprint density at radius 2 is 1.68 bits per heavy atom. The molecule has 1 N–H and O–H groups in total. The largest absolute Gasteiger partial charge is 0.357 e. The monoisotopic (exact) mass is 449 g/mol. The fourth-order valence-electron chi connectivity index (χ4n) is 3.31. The predicted molar refractivity (Wildman–Crippen MR) is 119 cm³/mol. The molecule has 0 saturated heterocycles. The molecular formula is C22H28FN3O4S. The summed E-state index contributed by atoms with van der Waals surface area (Å²) in [5.74, 6) is -1.68.